The molecule has 2 N–H and O–H groups in total. The lowest BCUT2D eigenvalue weighted by atomic mass is 10.0. The third-order valence-corrected chi connectivity index (χ3v) is 8.26. The maximum Gasteiger partial charge on any atom is 0.573 e. The number of hydrogen-bond acceptors (Lipinski definition) is 7. The number of aliphatic hydroxyl groups excluding tert-OH is 1. The second kappa shape index (κ2) is 13.4. The number of thioether (sulfide) groups is 1. The van der Waals surface area contributed by atoms with E-state index in [1.54, 1.807) is 11.8 Å². The molecule has 45 heavy (non-hydrogen) atoms. The van der Waals surface area contributed by atoms with Gasteiger partial charge in [-0.15, -0.1) is 18.3 Å². The second-order valence-corrected chi connectivity index (χ2v) is 12.1. The minimum Gasteiger partial charge on any atom is -0.406 e. The van der Waals surface area contributed by atoms with E-state index in [1.165, 1.54) is 52.0 Å². The Morgan fingerprint density at radius 3 is 2.40 bits per heavy atom. The molecule has 4 aromatic rings. The lowest BCUT2D eigenvalue weighted by Gasteiger charge is -2.38. The smallest absolute Gasteiger partial charge is 0.406 e. The SMILES string of the molecule is C/C(=C\c1ccc(-c2ncn(-c3ccc(OC(F)(F)F)cc3)n2)cc1)NC(O)N=C1SCCC(C)N1c1c(C)cc(C)cc1C. The van der Waals surface area contributed by atoms with E-state index in [-0.39, 0.29) is 11.8 Å². The minimum atomic E-state index is -4.75. The van der Waals surface area contributed by atoms with E-state index < -0.39 is 12.7 Å². The van der Waals surface area contributed by atoms with Crippen molar-refractivity contribution in [2.24, 2.45) is 4.99 Å². The number of alkyl halides is 3. The number of nitrogens with one attached hydrogen (secondary N) is 1. The largest absolute Gasteiger partial charge is 0.573 e. The Labute approximate surface area is 264 Å². The fourth-order valence-electron chi connectivity index (χ4n) is 5.36. The number of rotatable bonds is 8. The third-order valence-electron chi connectivity index (χ3n) is 7.26. The summed E-state index contributed by atoms with van der Waals surface area (Å²) in [5.74, 6) is 1.09. The Bertz CT molecular complexity index is 1680. The van der Waals surface area contributed by atoms with Crippen molar-refractivity contribution in [3.05, 3.63) is 94.9 Å². The zero-order chi connectivity index (χ0) is 32.3. The summed E-state index contributed by atoms with van der Waals surface area (Å²) < 4.78 is 42.7. The maximum absolute atomic E-state index is 12.4. The van der Waals surface area contributed by atoms with E-state index in [4.69, 9.17) is 0 Å². The Morgan fingerprint density at radius 2 is 1.76 bits per heavy atom. The van der Waals surface area contributed by atoms with Gasteiger partial charge in [0.2, 0.25) is 6.35 Å². The van der Waals surface area contributed by atoms with Gasteiger partial charge >= 0.3 is 6.36 Å². The summed E-state index contributed by atoms with van der Waals surface area (Å²) in [4.78, 5) is 11.2. The Hall–Kier alpha value is -4.29. The van der Waals surface area contributed by atoms with Crippen molar-refractivity contribution < 1.29 is 23.0 Å². The molecule has 12 heteroatoms. The van der Waals surface area contributed by atoms with Gasteiger partial charge in [-0.05, 0) is 88.1 Å². The summed E-state index contributed by atoms with van der Waals surface area (Å²) in [6.45, 7) is 10.4. The minimum absolute atomic E-state index is 0.256. The molecule has 0 saturated carbocycles. The van der Waals surface area contributed by atoms with Crippen LogP contribution < -0.4 is 15.0 Å². The van der Waals surface area contributed by atoms with Crippen molar-refractivity contribution in [2.45, 2.75) is 59.8 Å². The van der Waals surface area contributed by atoms with Crippen LogP contribution in [0.1, 0.15) is 42.5 Å². The lowest BCUT2D eigenvalue weighted by molar-refractivity contribution is -0.274. The average molecular weight is 637 g/mol. The van der Waals surface area contributed by atoms with Gasteiger partial charge in [0.1, 0.15) is 12.1 Å². The van der Waals surface area contributed by atoms with Gasteiger partial charge in [-0.3, -0.25) is 0 Å². The molecular formula is C33H35F3N6O2S. The van der Waals surface area contributed by atoms with Crippen molar-refractivity contribution in [1.29, 1.82) is 0 Å². The molecule has 1 saturated heterocycles. The second-order valence-electron chi connectivity index (χ2n) is 11.0. The van der Waals surface area contributed by atoms with E-state index >= 15 is 0 Å². The van der Waals surface area contributed by atoms with Crippen LogP contribution in [0.4, 0.5) is 18.9 Å². The highest BCUT2D eigenvalue weighted by molar-refractivity contribution is 8.14. The number of amidine groups is 1. The summed E-state index contributed by atoms with van der Waals surface area (Å²) in [6.07, 6.45) is -1.44. The van der Waals surface area contributed by atoms with Crippen LogP contribution in [-0.4, -0.2) is 49.5 Å². The summed E-state index contributed by atoms with van der Waals surface area (Å²) in [7, 11) is 0. The van der Waals surface area contributed by atoms with Gasteiger partial charge in [0.15, 0.2) is 11.0 Å². The molecule has 0 bridgehead atoms. The number of aryl methyl sites for hydroxylation is 3. The monoisotopic (exact) mass is 636 g/mol. The van der Waals surface area contributed by atoms with E-state index in [0.29, 0.717) is 11.5 Å². The molecule has 0 radical (unpaired) electrons. The first-order chi connectivity index (χ1) is 21.4. The fraction of sp³-hybridized carbons (Fsp3) is 0.303. The van der Waals surface area contributed by atoms with Gasteiger partial charge < -0.3 is 20.1 Å². The Kier molecular flexibility index (Phi) is 9.54. The average Bonchev–Trinajstić information content (AvgIpc) is 3.44. The number of halogens is 3. The highest BCUT2D eigenvalue weighted by Crippen LogP contribution is 2.35. The Balaban J connectivity index is 1.25. The number of hydrogen-bond donors (Lipinski definition) is 2. The molecule has 0 spiro atoms. The maximum atomic E-state index is 12.4. The quantitative estimate of drug-likeness (QED) is 0.195. The summed E-state index contributed by atoms with van der Waals surface area (Å²) in [5.41, 5.74) is 7.69. The topological polar surface area (TPSA) is 87.8 Å². The zero-order valence-corrected chi connectivity index (χ0v) is 26.4. The Morgan fingerprint density at radius 1 is 1.09 bits per heavy atom. The van der Waals surface area contributed by atoms with Crippen molar-refractivity contribution in [3.8, 4) is 22.8 Å². The molecule has 8 nitrogen and oxygen atoms in total. The van der Waals surface area contributed by atoms with E-state index in [1.807, 2.05) is 37.3 Å². The summed E-state index contributed by atoms with van der Waals surface area (Å²) in [6, 6.07) is 17.6. The standard InChI is InChI=1S/C33H35F3N6O2S/c1-20-16-21(2)29(22(3)17-20)42-24(5)14-15-45-32(42)39-31(43)38-23(4)18-25-6-8-26(9-7-25)30-37-19-41(40-30)27-10-12-28(13-11-27)44-33(34,35)36/h6-13,16-19,24,31,38,43H,14-15H2,1-5H3/b23-18+,39-32?. The summed E-state index contributed by atoms with van der Waals surface area (Å²) >= 11 is 1.65. The molecule has 5 rings (SSSR count). The van der Waals surface area contributed by atoms with Crippen molar-refractivity contribution in [2.75, 3.05) is 10.7 Å². The van der Waals surface area contributed by atoms with Crippen molar-refractivity contribution in [3.63, 3.8) is 0 Å². The number of allylic oxidation sites excluding steroid dienone is 1. The number of aliphatic hydroxyl groups is 1. The fourth-order valence-corrected chi connectivity index (χ4v) is 6.58. The number of nitrogens with zero attached hydrogens (tertiary/aromatic N) is 5. The molecule has 1 fully saturated rings. The van der Waals surface area contributed by atoms with Crippen LogP contribution in [0.3, 0.4) is 0 Å². The number of benzene rings is 3. The van der Waals surface area contributed by atoms with Crippen LogP contribution in [0.25, 0.3) is 23.2 Å². The summed E-state index contributed by atoms with van der Waals surface area (Å²) in [5, 5.41) is 19.2. The number of anilines is 1. The molecule has 236 valence electrons. The van der Waals surface area contributed by atoms with Crippen LogP contribution in [0, 0.1) is 20.8 Å². The van der Waals surface area contributed by atoms with Crippen LogP contribution in [0.15, 0.2) is 77.7 Å². The number of aromatic nitrogens is 3. The van der Waals surface area contributed by atoms with E-state index in [9.17, 15) is 18.3 Å². The highest BCUT2D eigenvalue weighted by atomic mass is 32.2. The number of aliphatic imine (C=N–C) groups is 1. The first-order valence-electron chi connectivity index (χ1n) is 14.4. The molecule has 2 heterocycles. The predicted molar refractivity (Wildman–Crippen MR) is 173 cm³/mol. The normalized spacial score (nSPS) is 17.4. The van der Waals surface area contributed by atoms with Crippen molar-refractivity contribution in [1.82, 2.24) is 20.1 Å². The third kappa shape index (κ3) is 8.06. The first-order valence-corrected chi connectivity index (χ1v) is 15.4. The van der Waals surface area contributed by atoms with E-state index in [2.05, 4.69) is 69.9 Å². The molecular weight excluding hydrogens is 601 g/mol. The van der Waals surface area contributed by atoms with Gasteiger partial charge in [0.05, 0.1) is 5.69 Å². The molecule has 1 aliphatic rings. The van der Waals surface area contributed by atoms with Crippen LogP contribution in [0.5, 0.6) is 5.75 Å². The van der Waals surface area contributed by atoms with Crippen LogP contribution >= 0.6 is 11.8 Å². The van der Waals surface area contributed by atoms with Crippen LogP contribution in [0.2, 0.25) is 0 Å². The zero-order valence-electron chi connectivity index (χ0n) is 25.6. The molecule has 3 aromatic carbocycles. The molecule has 0 aliphatic carbocycles. The van der Waals surface area contributed by atoms with Gasteiger partial charge in [-0.25, -0.2) is 14.7 Å². The molecule has 1 aromatic heterocycles. The van der Waals surface area contributed by atoms with E-state index in [0.717, 1.165) is 39.9 Å². The lowest BCUT2D eigenvalue weighted by Crippen LogP contribution is -2.43. The number of ether oxygens (including phenoxy) is 1. The molecule has 0 amide bonds. The van der Waals surface area contributed by atoms with Gasteiger partial charge in [-0.2, -0.15) is 0 Å². The molecule has 2 atom stereocenters. The van der Waals surface area contributed by atoms with Gasteiger partial charge in [0.25, 0.3) is 0 Å². The molecule has 1 aliphatic heterocycles. The van der Waals surface area contributed by atoms with Crippen LogP contribution in [-0.2, 0) is 0 Å². The first kappa shape index (κ1) is 32.1. The van der Waals surface area contributed by atoms with Gasteiger partial charge in [0, 0.05) is 28.7 Å². The molecule has 2 unspecified atom stereocenters. The highest BCUT2D eigenvalue weighted by Gasteiger charge is 2.31. The van der Waals surface area contributed by atoms with Crippen molar-refractivity contribution >= 4 is 28.7 Å². The predicted octanol–water partition coefficient (Wildman–Crippen LogP) is 7.37. The van der Waals surface area contributed by atoms with Gasteiger partial charge in [-0.1, -0.05) is 53.7 Å².